The highest BCUT2D eigenvalue weighted by molar-refractivity contribution is 6.33. The largest absolute Gasteiger partial charge is 0.488 e. The van der Waals surface area contributed by atoms with Gasteiger partial charge >= 0.3 is 0 Å². The van der Waals surface area contributed by atoms with Crippen molar-refractivity contribution in [2.45, 2.75) is 6.61 Å². The molecule has 0 heterocycles. The van der Waals surface area contributed by atoms with Crippen molar-refractivity contribution in [3.63, 3.8) is 0 Å². The number of hydrogen-bond acceptors (Lipinski definition) is 4. The fourth-order valence-electron chi connectivity index (χ4n) is 2.66. The summed E-state index contributed by atoms with van der Waals surface area (Å²) in [7, 11) is 0. The molecule has 3 aromatic carbocycles. The maximum atomic E-state index is 12.5. The normalized spacial score (nSPS) is 10.2. The predicted molar refractivity (Wildman–Crippen MR) is 122 cm³/mol. The molecule has 164 valence electrons. The first-order valence-corrected chi connectivity index (χ1v) is 10.3. The van der Waals surface area contributed by atoms with Gasteiger partial charge in [0, 0.05) is 5.02 Å². The SMILES string of the molecule is O=C(CNC(=O)c1ccccc1Cl)NNC(=O)c1ccccc1OCc1ccc(Cl)cc1. The zero-order valence-electron chi connectivity index (χ0n) is 16.7. The third kappa shape index (κ3) is 6.47. The number of hydrazine groups is 1. The molecule has 3 amide bonds. The zero-order chi connectivity index (χ0) is 22.9. The molecule has 0 atom stereocenters. The van der Waals surface area contributed by atoms with Gasteiger partial charge in [0.2, 0.25) is 0 Å². The molecule has 0 saturated heterocycles. The molecule has 9 heteroatoms. The zero-order valence-corrected chi connectivity index (χ0v) is 18.2. The van der Waals surface area contributed by atoms with Crippen LogP contribution in [0.1, 0.15) is 26.3 Å². The Morgan fingerprint density at radius 2 is 1.41 bits per heavy atom. The molecule has 3 N–H and O–H groups in total. The molecule has 3 aromatic rings. The van der Waals surface area contributed by atoms with Crippen molar-refractivity contribution in [3.8, 4) is 5.75 Å². The van der Waals surface area contributed by atoms with Crippen LogP contribution in [0.15, 0.2) is 72.8 Å². The Kier molecular flexibility index (Phi) is 8.08. The molecule has 0 radical (unpaired) electrons. The highest BCUT2D eigenvalue weighted by Gasteiger charge is 2.14. The van der Waals surface area contributed by atoms with E-state index in [4.69, 9.17) is 27.9 Å². The second-order valence-electron chi connectivity index (χ2n) is 6.58. The van der Waals surface area contributed by atoms with Crippen molar-refractivity contribution in [2.75, 3.05) is 6.54 Å². The number of halogens is 2. The average Bonchev–Trinajstić information content (AvgIpc) is 2.81. The van der Waals surface area contributed by atoms with E-state index >= 15 is 0 Å². The minimum Gasteiger partial charge on any atom is -0.488 e. The smallest absolute Gasteiger partial charge is 0.273 e. The van der Waals surface area contributed by atoms with Gasteiger partial charge in [-0.3, -0.25) is 25.2 Å². The summed E-state index contributed by atoms with van der Waals surface area (Å²) < 4.78 is 5.74. The summed E-state index contributed by atoms with van der Waals surface area (Å²) in [6.07, 6.45) is 0. The number of ether oxygens (including phenoxy) is 1. The lowest BCUT2D eigenvalue weighted by molar-refractivity contribution is -0.120. The molecule has 0 aliphatic carbocycles. The van der Waals surface area contributed by atoms with Gasteiger partial charge in [0.1, 0.15) is 12.4 Å². The second kappa shape index (κ2) is 11.2. The average molecular weight is 472 g/mol. The topological polar surface area (TPSA) is 96.5 Å². The van der Waals surface area contributed by atoms with Gasteiger partial charge in [0.25, 0.3) is 17.7 Å². The maximum absolute atomic E-state index is 12.5. The fourth-order valence-corrected chi connectivity index (χ4v) is 3.01. The van der Waals surface area contributed by atoms with Crippen molar-refractivity contribution in [2.24, 2.45) is 0 Å². The maximum Gasteiger partial charge on any atom is 0.273 e. The molecule has 0 bridgehead atoms. The van der Waals surface area contributed by atoms with Gasteiger partial charge in [-0.2, -0.15) is 0 Å². The number of carbonyl (C=O) groups is 3. The Balaban J connectivity index is 1.51. The van der Waals surface area contributed by atoms with Crippen LogP contribution >= 0.6 is 23.2 Å². The molecule has 0 aliphatic heterocycles. The van der Waals surface area contributed by atoms with Gasteiger partial charge in [0.15, 0.2) is 0 Å². The van der Waals surface area contributed by atoms with Crippen LogP contribution in [0, 0.1) is 0 Å². The van der Waals surface area contributed by atoms with E-state index in [-0.39, 0.29) is 29.3 Å². The summed E-state index contributed by atoms with van der Waals surface area (Å²) in [5, 5.41) is 3.33. The van der Waals surface area contributed by atoms with Gasteiger partial charge in [-0.1, -0.05) is 59.6 Å². The standard InChI is InChI=1S/C23H19Cl2N3O4/c24-16-11-9-15(10-12-16)14-32-20-8-4-2-6-18(20)23(31)28-27-21(29)13-26-22(30)17-5-1-3-7-19(17)25/h1-12H,13-14H2,(H,26,30)(H,27,29)(H,28,31). The van der Waals surface area contributed by atoms with E-state index in [1.54, 1.807) is 54.6 Å². The summed E-state index contributed by atoms with van der Waals surface area (Å²) in [6, 6.07) is 20.2. The van der Waals surface area contributed by atoms with Crippen molar-refractivity contribution < 1.29 is 19.1 Å². The van der Waals surface area contributed by atoms with Crippen LogP contribution in [-0.4, -0.2) is 24.3 Å². The Hall–Kier alpha value is -3.55. The first kappa shape index (κ1) is 23.1. The van der Waals surface area contributed by atoms with Gasteiger partial charge in [-0.25, -0.2) is 0 Å². The molecule has 32 heavy (non-hydrogen) atoms. The predicted octanol–water partition coefficient (Wildman–Crippen LogP) is 3.76. The minimum absolute atomic E-state index is 0.238. The number of rotatable bonds is 7. The van der Waals surface area contributed by atoms with Crippen molar-refractivity contribution >= 4 is 40.9 Å². The van der Waals surface area contributed by atoms with E-state index < -0.39 is 17.7 Å². The molecule has 0 aliphatic rings. The van der Waals surface area contributed by atoms with E-state index in [0.29, 0.717) is 10.8 Å². The fraction of sp³-hybridized carbons (Fsp3) is 0.0870. The number of carbonyl (C=O) groups excluding carboxylic acids is 3. The van der Waals surface area contributed by atoms with E-state index in [2.05, 4.69) is 16.2 Å². The Labute approximate surface area is 194 Å². The molecule has 3 rings (SSSR count). The number of para-hydroxylation sites is 1. The summed E-state index contributed by atoms with van der Waals surface area (Å²) >= 11 is 11.8. The van der Waals surface area contributed by atoms with Gasteiger partial charge in [-0.15, -0.1) is 0 Å². The summed E-state index contributed by atoms with van der Waals surface area (Å²) in [6.45, 7) is -0.110. The van der Waals surface area contributed by atoms with Gasteiger partial charge < -0.3 is 10.1 Å². The molecule has 0 spiro atoms. The molecule has 0 fully saturated rings. The van der Waals surface area contributed by atoms with Crippen LogP contribution in [-0.2, 0) is 11.4 Å². The molecular formula is C23H19Cl2N3O4. The Bertz CT molecular complexity index is 1120. The van der Waals surface area contributed by atoms with Crippen molar-refractivity contribution in [1.29, 1.82) is 0 Å². The molecular weight excluding hydrogens is 453 g/mol. The highest BCUT2D eigenvalue weighted by Crippen LogP contribution is 2.20. The second-order valence-corrected chi connectivity index (χ2v) is 7.42. The first-order chi connectivity index (χ1) is 15.4. The van der Waals surface area contributed by atoms with E-state index in [9.17, 15) is 14.4 Å². The van der Waals surface area contributed by atoms with Crippen LogP contribution < -0.4 is 20.9 Å². The van der Waals surface area contributed by atoms with E-state index in [1.807, 2.05) is 12.1 Å². The molecule has 7 nitrogen and oxygen atoms in total. The number of nitrogens with one attached hydrogen (secondary N) is 3. The van der Waals surface area contributed by atoms with Gasteiger partial charge in [0.05, 0.1) is 22.7 Å². The number of amides is 3. The third-order valence-electron chi connectivity index (χ3n) is 4.28. The van der Waals surface area contributed by atoms with Crippen molar-refractivity contribution in [1.82, 2.24) is 16.2 Å². The van der Waals surface area contributed by atoms with E-state index in [1.165, 1.54) is 6.07 Å². The van der Waals surface area contributed by atoms with Crippen molar-refractivity contribution in [3.05, 3.63) is 99.5 Å². The third-order valence-corrected chi connectivity index (χ3v) is 4.86. The molecule has 0 unspecified atom stereocenters. The molecule has 0 saturated carbocycles. The van der Waals surface area contributed by atoms with Crippen LogP contribution in [0.5, 0.6) is 5.75 Å². The lowest BCUT2D eigenvalue weighted by atomic mass is 10.2. The lowest BCUT2D eigenvalue weighted by Crippen LogP contribution is -2.46. The monoisotopic (exact) mass is 471 g/mol. The Morgan fingerprint density at radius 3 is 2.12 bits per heavy atom. The van der Waals surface area contributed by atoms with Gasteiger partial charge in [-0.05, 0) is 42.0 Å². The lowest BCUT2D eigenvalue weighted by Gasteiger charge is -2.13. The van der Waals surface area contributed by atoms with Crippen LogP contribution in [0.2, 0.25) is 10.0 Å². The number of hydrogen-bond donors (Lipinski definition) is 3. The number of benzene rings is 3. The van der Waals surface area contributed by atoms with E-state index in [0.717, 1.165) is 5.56 Å². The Morgan fingerprint density at radius 1 is 0.750 bits per heavy atom. The molecule has 0 aromatic heterocycles. The summed E-state index contributed by atoms with van der Waals surface area (Å²) in [4.78, 5) is 36.6. The van der Waals surface area contributed by atoms with Crippen LogP contribution in [0.3, 0.4) is 0 Å². The summed E-state index contributed by atoms with van der Waals surface area (Å²) in [5.74, 6) is -1.33. The highest BCUT2D eigenvalue weighted by atomic mass is 35.5. The minimum atomic E-state index is -0.613. The first-order valence-electron chi connectivity index (χ1n) is 9.52. The quantitative estimate of drug-likeness (QED) is 0.457. The van der Waals surface area contributed by atoms with Crippen LogP contribution in [0.4, 0.5) is 0 Å². The summed E-state index contributed by atoms with van der Waals surface area (Å²) in [5.41, 5.74) is 5.93. The van der Waals surface area contributed by atoms with Crippen LogP contribution in [0.25, 0.3) is 0 Å².